The van der Waals surface area contributed by atoms with Gasteiger partial charge in [-0.25, -0.2) is 4.98 Å². The van der Waals surface area contributed by atoms with Gasteiger partial charge in [-0.1, -0.05) is 12.1 Å². The van der Waals surface area contributed by atoms with Crippen molar-refractivity contribution in [2.24, 2.45) is 0 Å². The Labute approximate surface area is 202 Å². The second kappa shape index (κ2) is 9.17. The zero-order valence-corrected chi connectivity index (χ0v) is 19.3. The van der Waals surface area contributed by atoms with Gasteiger partial charge in [-0.05, 0) is 55.3 Å². The maximum Gasteiger partial charge on any atom is 0.257 e. The zero-order valence-electron chi connectivity index (χ0n) is 19.3. The minimum atomic E-state index is -0.799. The molecule has 1 fully saturated rings. The first-order chi connectivity index (χ1) is 17.0. The number of pyridine rings is 2. The molecule has 1 saturated heterocycles. The molecule has 5 rings (SSSR count). The number of anilines is 2. The summed E-state index contributed by atoms with van der Waals surface area (Å²) in [5.74, 6) is 0.252. The highest BCUT2D eigenvalue weighted by atomic mass is 16.5. The maximum atomic E-state index is 13.3. The van der Waals surface area contributed by atoms with Gasteiger partial charge in [0.2, 0.25) is 11.8 Å². The molecule has 3 amide bonds. The minimum Gasteiger partial charge on any atom is -0.485 e. The molecule has 0 radical (unpaired) electrons. The van der Waals surface area contributed by atoms with E-state index in [1.54, 1.807) is 58.7 Å². The first-order valence-electron chi connectivity index (χ1n) is 11.5. The molecule has 0 bridgehead atoms. The lowest BCUT2D eigenvalue weighted by atomic mass is 9.98. The van der Waals surface area contributed by atoms with E-state index in [2.05, 4.69) is 15.3 Å². The number of carbonyl (C=O) groups excluding carboxylic acids is 3. The Hall–Kier alpha value is -4.27. The van der Waals surface area contributed by atoms with Crippen LogP contribution in [0.3, 0.4) is 0 Å². The van der Waals surface area contributed by atoms with E-state index in [0.717, 1.165) is 5.56 Å². The number of fused-ring (bicyclic) bond motifs is 3. The smallest absolute Gasteiger partial charge is 0.257 e. The summed E-state index contributed by atoms with van der Waals surface area (Å²) in [4.78, 5) is 50.5. The molecule has 178 valence electrons. The summed E-state index contributed by atoms with van der Waals surface area (Å²) in [5, 5.41) is 2.80. The number of carbonyl (C=O) groups is 3. The van der Waals surface area contributed by atoms with Gasteiger partial charge >= 0.3 is 0 Å². The molecular weight excluding hydrogens is 446 g/mol. The normalized spacial score (nSPS) is 18.8. The molecule has 1 N–H and O–H groups in total. The van der Waals surface area contributed by atoms with Crippen molar-refractivity contribution >= 4 is 29.2 Å². The number of rotatable bonds is 7. The molecule has 0 spiro atoms. The van der Waals surface area contributed by atoms with Crippen molar-refractivity contribution in [1.82, 2.24) is 14.9 Å². The fraction of sp³-hybridized carbons (Fsp3) is 0.269. The molecule has 9 heteroatoms. The van der Waals surface area contributed by atoms with Gasteiger partial charge in [-0.15, -0.1) is 0 Å². The lowest BCUT2D eigenvalue weighted by Gasteiger charge is -2.48. The quantitative estimate of drug-likeness (QED) is 0.567. The van der Waals surface area contributed by atoms with E-state index in [9.17, 15) is 14.4 Å². The molecule has 1 unspecified atom stereocenters. The van der Waals surface area contributed by atoms with Crippen LogP contribution in [0, 0.1) is 0 Å². The summed E-state index contributed by atoms with van der Waals surface area (Å²) >= 11 is 0. The fourth-order valence-electron chi connectivity index (χ4n) is 4.69. The van der Waals surface area contributed by atoms with Crippen molar-refractivity contribution in [2.75, 3.05) is 16.8 Å². The van der Waals surface area contributed by atoms with Crippen LogP contribution in [-0.2, 0) is 16.2 Å². The largest absolute Gasteiger partial charge is 0.485 e. The maximum absolute atomic E-state index is 13.3. The number of nitrogens with one attached hydrogen (secondary N) is 1. The number of ether oxygens (including phenoxy) is 1. The molecule has 2 aliphatic rings. The average molecular weight is 472 g/mol. The van der Waals surface area contributed by atoms with Crippen molar-refractivity contribution in [3.8, 4) is 5.75 Å². The van der Waals surface area contributed by atoms with Crippen LogP contribution in [0.25, 0.3) is 0 Å². The first-order valence-corrected chi connectivity index (χ1v) is 11.5. The Morgan fingerprint density at radius 1 is 1.09 bits per heavy atom. The number of benzene rings is 1. The summed E-state index contributed by atoms with van der Waals surface area (Å²) in [6.07, 6.45) is 5.86. The van der Waals surface area contributed by atoms with Gasteiger partial charge in [0.25, 0.3) is 5.91 Å². The van der Waals surface area contributed by atoms with E-state index >= 15 is 0 Å². The van der Waals surface area contributed by atoms with E-state index in [4.69, 9.17) is 4.74 Å². The average Bonchev–Trinajstić information content (AvgIpc) is 3.19. The summed E-state index contributed by atoms with van der Waals surface area (Å²) in [5.41, 5.74) is 1.24. The minimum absolute atomic E-state index is 0.0219. The molecule has 0 aliphatic carbocycles. The standard InChI is InChI=1S/C26H25N5O4/c1-26-12-8-23(33)31(26)20-6-3-2-5-19(20)25(34)30(26)16-11-22(32)29-24-21(7-4-13-28-24)35-17-18-9-14-27-15-10-18/h2-7,9-10,13-15H,8,11-12,16-17H2,1H3,(H,28,29,32). The number of para-hydroxylation sites is 1. The third kappa shape index (κ3) is 4.21. The number of hydrogen-bond acceptors (Lipinski definition) is 6. The van der Waals surface area contributed by atoms with E-state index in [0.29, 0.717) is 42.3 Å². The van der Waals surface area contributed by atoms with E-state index < -0.39 is 5.66 Å². The highest BCUT2D eigenvalue weighted by molar-refractivity contribution is 6.10. The zero-order chi connectivity index (χ0) is 24.4. The van der Waals surface area contributed by atoms with Gasteiger partial charge in [0.1, 0.15) is 12.3 Å². The van der Waals surface area contributed by atoms with Gasteiger partial charge < -0.3 is 15.0 Å². The van der Waals surface area contributed by atoms with Crippen LogP contribution >= 0.6 is 0 Å². The number of aromatic nitrogens is 2. The van der Waals surface area contributed by atoms with Gasteiger partial charge in [-0.3, -0.25) is 24.3 Å². The Kier molecular flexibility index (Phi) is 5.90. The first kappa shape index (κ1) is 22.5. The predicted molar refractivity (Wildman–Crippen MR) is 129 cm³/mol. The SMILES string of the molecule is CC12CCC(=O)N1c1ccccc1C(=O)N2CCC(=O)Nc1ncccc1OCc1ccncc1. The summed E-state index contributed by atoms with van der Waals surface area (Å²) in [6, 6.07) is 14.3. The van der Waals surface area contributed by atoms with E-state index in [-0.39, 0.29) is 30.7 Å². The van der Waals surface area contributed by atoms with Crippen LogP contribution in [0.1, 0.15) is 42.1 Å². The van der Waals surface area contributed by atoms with Crippen LogP contribution in [0.4, 0.5) is 11.5 Å². The monoisotopic (exact) mass is 471 g/mol. The number of hydrogen-bond donors (Lipinski definition) is 1. The van der Waals surface area contributed by atoms with Gasteiger partial charge in [0.15, 0.2) is 11.6 Å². The van der Waals surface area contributed by atoms with Crippen molar-refractivity contribution in [2.45, 2.75) is 38.5 Å². The highest BCUT2D eigenvalue weighted by Gasteiger charge is 2.52. The lowest BCUT2D eigenvalue weighted by molar-refractivity contribution is -0.117. The fourth-order valence-corrected chi connectivity index (χ4v) is 4.69. The van der Waals surface area contributed by atoms with Crippen molar-refractivity contribution in [3.05, 3.63) is 78.2 Å². The number of nitrogens with zero attached hydrogens (tertiary/aromatic N) is 4. The molecule has 1 atom stereocenters. The Bertz CT molecular complexity index is 1280. The molecule has 2 aromatic heterocycles. The molecular formula is C26H25N5O4. The highest BCUT2D eigenvalue weighted by Crippen LogP contribution is 2.44. The third-order valence-corrected chi connectivity index (χ3v) is 6.48. The summed E-state index contributed by atoms with van der Waals surface area (Å²) < 4.78 is 5.85. The third-order valence-electron chi connectivity index (χ3n) is 6.48. The van der Waals surface area contributed by atoms with Crippen LogP contribution in [-0.4, -0.2) is 44.8 Å². The molecule has 4 heterocycles. The Morgan fingerprint density at radius 3 is 2.71 bits per heavy atom. The summed E-state index contributed by atoms with van der Waals surface area (Å²) in [6.45, 7) is 2.35. The molecule has 9 nitrogen and oxygen atoms in total. The van der Waals surface area contributed by atoms with Gasteiger partial charge in [0.05, 0.1) is 11.3 Å². The van der Waals surface area contributed by atoms with E-state index in [1.165, 1.54) is 0 Å². The summed E-state index contributed by atoms with van der Waals surface area (Å²) in [7, 11) is 0. The lowest BCUT2D eigenvalue weighted by Crippen LogP contribution is -2.62. The van der Waals surface area contributed by atoms with Crippen LogP contribution in [0.2, 0.25) is 0 Å². The molecule has 3 aromatic rings. The predicted octanol–water partition coefficient (Wildman–Crippen LogP) is 3.38. The van der Waals surface area contributed by atoms with Crippen molar-refractivity contribution in [3.63, 3.8) is 0 Å². The van der Waals surface area contributed by atoms with Crippen molar-refractivity contribution in [1.29, 1.82) is 0 Å². The van der Waals surface area contributed by atoms with Crippen LogP contribution in [0.15, 0.2) is 67.1 Å². The van der Waals surface area contributed by atoms with Crippen LogP contribution in [0.5, 0.6) is 5.75 Å². The molecule has 0 saturated carbocycles. The second-order valence-electron chi connectivity index (χ2n) is 8.71. The molecule has 1 aromatic carbocycles. The molecule has 35 heavy (non-hydrogen) atoms. The molecule has 2 aliphatic heterocycles. The Morgan fingerprint density at radius 2 is 1.89 bits per heavy atom. The topological polar surface area (TPSA) is 105 Å². The van der Waals surface area contributed by atoms with Crippen LogP contribution < -0.4 is 15.0 Å². The van der Waals surface area contributed by atoms with E-state index in [1.807, 2.05) is 25.1 Å². The second-order valence-corrected chi connectivity index (χ2v) is 8.71. The van der Waals surface area contributed by atoms with Crippen molar-refractivity contribution < 1.29 is 19.1 Å². The van der Waals surface area contributed by atoms with Gasteiger partial charge in [0, 0.05) is 38.0 Å². The Balaban J connectivity index is 1.28. The number of amides is 3. The van der Waals surface area contributed by atoms with Gasteiger partial charge in [-0.2, -0.15) is 0 Å².